The number of benzene rings is 1. The molecule has 0 amide bonds. The fourth-order valence-electron chi connectivity index (χ4n) is 1.66. The second kappa shape index (κ2) is 6.82. The topological polar surface area (TPSA) is 34.1 Å². The molecular weight excluding hydrogens is 263 g/mol. The first kappa shape index (κ1) is 14.2. The molecule has 2 aromatic rings. The van der Waals surface area contributed by atoms with Crippen LogP contribution in [0.25, 0.3) is 10.2 Å². The number of halogens is 1. The molecule has 1 aromatic heterocycles. The van der Waals surface area contributed by atoms with E-state index in [1.807, 2.05) is 0 Å². The van der Waals surface area contributed by atoms with Crippen molar-refractivity contribution in [2.75, 3.05) is 25.1 Å². The highest BCUT2D eigenvalue weighted by molar-refractivity contribution is 7.22. The molecular formula is C14H19FN2OS. The minimum absolute atomic E-state index is 0.218. The second-order valence-electron chi connectivity index (χ2n) is 4.88. The minimum atomic E-state index is -0.218. The molecule has 0 unspecified atom stereocenters. The quantitative estimate of drug-likeness (QED) is 0.782. The molecule has 0 aliphatic heterocycles. The molecule has 0 saturated heterocycles. The Morgan fingerprint density at radius 3 is 3.05 bits per heavy atom. The van der Waals surface area contributed by atoms with E-state index in [9.17, 15) is 4.39 Å². The van der Waals surface area contributed by atoms with E-state index in [0.29, 0.717) is 5.92 Å². The Kier molecular flexibility index (Phi) is 5.10. The first-order valence-electron chi connectivity index (χ1n) is 6.53. The molecule has 0 aliphatic carbocycles. The first-order valence-corrected chi connectivity index (χ1v) is 7.34. The van der Waals surface area contributed by atoms with Gasteiger partial charge >= 0.3 is 0 Å². The molecule has 0 atom stereocenters. The van der Waals surface area contributed by atoms with Crippen molar-refractivity contribution in [3.05, 3.63) is 24.0 Å². The second-order valence-corrected chi connectivity index (χ2v) is 5.91. The zero-order valence-corrected chi connectivity index (χ0v) is 12.1. The summed E-state index contributed by atoms with van der Waals surface area (Å²) in [5.41, 5.74) is 0.838. The van der Waals surface area contributed by atoms with Gasteiger partial charge in [0.15, 0.2) is 5.13 Å². The predicted octanol–water partition coefficient (Wildman–Crippen LogP) is 3.91. The van der Waals surface area contributed by atoms with Crippen molar-refractivity contribution in [2.24, 2.45) is 5.92 Å². The molecule has 104 valence electrons. The summed E-state index contributed by atoms with van der Waals surface area (Å²) in [6.07, 6.45) is 0.941. The van der Waals surface area contributed by atoms with Gasteiger partial charge in [-0.15, -0.1) is 0 Å². The highest BCUT2D eigenvalue weighted by Gasteiger charge is 2.04. The number of nitrogens with zero attached hydrogens (tertiary/aromatic N) is 1. The summed E-state index contributed by atoms with van der Waals surface area (Å²) in [5.74, 6) is 0.358. The highest BCUT2D eigenvalue weighted by Crippen LogP contribution is 2.26. The summed E-state index contributed by atoms with van der Waals surface area (Å²) in [6, 6.07) is 4.66. The maximum absolute atomic E-state index is 13.0. The minimum Gasteiger partial charge on any atom is -0.381 e. The van der Waals surface area contributed by atoms with Gasteiger partial charge in [-0.3, -0.25) is 0 Å². The molecule has 0 spiro atoms. The lowest BCUT2D eigenvalue weighted by Crippen LogP contribution is -2.08. The predicted molar refractivity (Wildman–Crippen MR) is 78.3 cm³/mol. The van der Waals surface area contributed by atoms with Crippen molar-refractivity contribution < 1.29 is 9.13 Å². The third kappa shape index (κ3) is 4.44. The Balaban J connectivity index is 1.75. The molecule has 1 aromatic carbocycles. The van der Waals surface area contributed by atoms with Crippen LogP contribution in [0.4, 0.5) is 9.52 Å². The van der Waals surface area contributed by atoms with E-state index >= 15 is 0 Å². The highest BCUT2D eigenvalue weighted by atomic mass is 32.1. The number of rotatable bonds is 7. The maximum atomic E-state index is 13.0. The van der Waals surface area contributed by atoms with Gasteiger partial charge in [-0.1, -0.05) is 25.2 Å². The largest absolute Gasteiger partial charge is 0.381 e. The van der Waals surface area contributed by atoms with Crippen molar-refractivity contribution in [1.29, 1.82) is 0 Å². The number of hydrogen-bond acceptors (Lipinski definition) is 4. The monoisotopic (exact) mass is 282 g/mol. The number of fused-ring (bicyclic) bond motifs is 1. The van der Waals surface area contributed by atoms with Crippen LogP contribution in [-0.4, -0.2) is 24.7 Å². The Labute approximate surface area is 116 Å². The third-order valence-corrected chi connectivity index (χ3v) is 3.52. The molecule has 5 heteroatoms. The summed E-state index contributed by atoms with van der Waals surface area (Å²) in [6.45, 7) is 6.66. The van der Waals surface area contributed by atoms with E-state index in [1.54, 1.807) is 6.07 Å². The van der Waals surface area contributed by atoms with Gasteiger partial charge in [0.05, 0.1) is 10.2 Å². The van der Waals surface area contributed by atoms with E-state index in [0.717, 1.165) is 41.5 Å². The molecule has 1 N–H and O–H groups in total. The summed E-state index contributed by atoms with van der Waals surface area (Å²) in [5, 5.41) is 4.08. The van der Waals surface area contributed by atoms with Gasteiger partial charge in [-0.2, -0.15) is 0 Å². The van der Waals surface area contributed by atoms with Crippen molar-refractivity contribution in [3.63, 3.8) is 0 Å². The van der Waals surface area contributed by atoms with Crippen LogP contribution in [0.15, 0.2) is 18.2 Å². The van der Waals surface area contributed by atoms with Crippen molar-refractivity contribution >= 4 is 26.7 Å². The van der Waals surface area contributed by atoms with Crippen LogP contribution >= 0.6 is 11.3 Å². The number of thiazole rings is 1. The number of nitrogens with one attached hydrogen (secondary N) is 1. The molecule has 0 saturated carbocycles. The SMILES string of the molecule is CC(C)COCCCNc1nc2ccc(F)cc2s1. The van der Waals surface area contributed by atoms with Crippen LogP contribution in [0.2, 0.25) is 0 Å². The van der Waals surface area contributed by atoms with E-state index in [-0.39, 0.29) is 5.82 Å². The van der Waals surface area contributed by atoms with E-state index < -0.39 is 0 Å². The fraction of sp³-hybridized carbons (Fsp3) is 0.500. The zero-order chi connectivity index (χ0) is 13.7. The summed E-state index contributed by atoms with van der Waals surface area (Å²) in [7, 11) is 0. The maximum Gasteiger partial charge on any atom is 0.183 e. The molecule has 0 aliphatic rings. The van der Waals surface area contributed by atoms with Crippen LogP contribution in [-0.2, 0) is 4.74 Å². The molecule has 19 heavy (non-hydrogen) atoms. The lowest BCUT2D eigenvalue weighted by atomic mass is 10.2. The number of aromatic nitrogens is 1. The molecule has 0 fully saturated rings. The van der Waals surface area contributed by atoms with Crippen LogP contribution in [0.1, 0.15) is 20.3 Å². The number of ether oxygens (including phenoxy) is 1. The number of hydrogen-bond donors (Lipinski definition) is 1. The molecule has 0 bridgehead atoms. The van der Waals surface area contributed by atoms with Crippen molar-refractivity contribution in [3.8, 4) is 0 Å². The summed E-state index contributed by atoms with van der Waals surface area (Å²) >= 11 is 1.48. The van der Waals surface area contributed by atoms with Gasteiger partial charge < -0.3 is 10.1 Å². The Morgan fingerprint density at radius 1 is 1.42 bits per heavy atom. The summed E-state index contributed by atoms with van der Waals surface area (Å²) in [4.78, 5) is 4.40. The molecule has 1 heterocycles. The average molecular weight is 282 g/mol. The summed E-state index contributed by atoms with van der Waals surface area (Å²) < 4.78 is 19.4. The fourth-order valence-corrected chi connectivity index (χ4v) is 2.58. The smallest absolute Gasteiger partial charge is 0.183 e. The Morgan fingerprint density at radius 2 is 2.26 bits per heavy atom. The van der Waals surface area contributed by atoms with Gasteiger partial charge in [0.1, 0.15) is 5.82 Å². The van der Waals surface area contributed by atoms with Crippen molar-refractivity contribution in [2.45, 2.75) is 20.3 Å². The van der Waals surface area contributed by atoms with E-state index in [4.69, 9.17) is 4.74 Å². The Hall–Kier alpha value is -1.20. The van der Waals surface area contributed by atoms with Crippen LogP contribution < -0.4 is 5.32 Å². The lowest BCUT2D eigenvalue weighted by Gasteiger charge is -2.06. The van der Waals surface area contributed by atoms with Crippen LogP contribution in [0, 0.1) is 11.7 Å². The van der Waals surface area contributed by atoms with Crippen molar-refractivity contribution in [1.82, 2.24) is 4.98 Å². The number of anilines is 1. The standard InChI is InChI=1S/C14H19FN2OS/c1-10(2)9-18-7-3-6-16-14-17-12-5-4-11(15)8-13(12)19-14/h4-5,8,10H,3,6-7,9H2,1-2H3,(H,16,17). The average Bonchev–Trinajstić information content (AvgIpc) is 2.75. The van der Waals surface area contributed by atoms with Gasteiger partial charge in [-0.25, -0.2) is 9.37 Å². The molecule has 0 radical (unpaired) electrons. The van der Waals surface area contributed by atoms with Gasteiger partial charge in [-0.05, 0) is 30.5 Å². The van der Waals surface area contributed by atoms with E-state index in [1.165, 1.54) is 23.5 Å². The van der Waals surface area contributed by atoms with Gasteiger partial charge in [0, 0.05) is 19.8 Å². The van der Waals surface area contributed by atoms with Crippen LogP contribution in [0.5, 0.6) is 0 Å². The van der Waals surface area contributed by atoms with Crippen LogP contribution in [0.3, 0.4) is 0 Å². The third-order valence-electron chi connectivity index (χ3n) is 2.54. The molecule has 2 rings (SSSR count). The lowest BCUT2D eigenvalue weighted by molar-refractivity contribution is 0.110. The molecule has 3 nitrogen and oxygen atoms in total. The Bertz CT molecular complexity index is 527. The van der Waals surface area contributed by atoms with Gasteiger partial charge in [0.25, 0.3) is 0 Å². The van der Waals surface area contributed by atoms with Gasteiger partial charge in [0.2, 0.25) is 0 Å². The first-order chi connectivity index (χ1) is 9.15. The van der Waals surface area contributed by atoms with E-state index in [2.05, 4.69) is 24.1 Å². The zero-order valence-electron chi connectivity index (χ0n) is 11.3. The normalized spacial score (nSPS) is 11.4.